The molecule has 0 unspecified atom stereocenters. The third kappa shape index (κ3) is 4.62. The van der Waals surface area contributed by atoms with Crippen molar-refractivity contribution in [1.29, 1.82) is 0 Å². The molecule has 122 valence electrons. The van der Waals surface area contributed by atoms with E-state index in [9.17, 15) is 18.0 Å². The zero-order chi connectivity index (χ0) is 16.2. The number of ether oxygens (including phenoxy) is 1. The molecule has 0 atom stereocenters. The second-order valence-corrected chi connectivity index (χ2v) is 5.59. The molecule has 0 bridgehead atoms. The van der Waals surface area contributed by atoms with Crippen LogP contribution >= 0.6 is 0 Å². The number of nitrogens with one attached hydrogen (secondary N) is 1. The molecule has 0 heterocycles. The van der Waals surface area contributed by atoms with Gasteiger partial charge in [0.05, 0.1) is 5.54 Å². The number of hydrogen-bond donors (Lipinski definition) is 2. The second-order valence-electron chi connectivity index (χ2n) is 5.59. The van der Waals surface area contributed by atoms with Crippen LogP contribution in [0.2, 0.25) is 0 Å². The summed E-state index contributed by atoms with van der Waals surface area (Å²) in [5.74, 6) is -0.0408. The topological polar surface area (TPSA) is 64.4 Å². The Labute approximate surface area is 126 Å². The van der Waals surface area contributed by atoms with E-state index in [1.807, 2.05) is 0 Å². The number of amides is 1. The fourth-order valence-corrected chi connectivity index (χ4v) is 2.46. The van der Waals surface area contributed by atoms with E-state index in [2.05, 4.69) is 10.1 Å². The van der Waals surface area contributed by atoms with Gasteiger partial charge in [-0.15, -0.1) is 0 Å². The molecule has 3 N–H and O–H groups in total. The highest BCUT2D eigenvalue weighted by atomic mass is 19.4. The molecule has 1 amide bonds. The Hall–Kier alpha value is -1.76. The molecule has 1 aliphatic rings. The molecule has 22 heavy (non-hydrogen) atoms. The Bertz CT molecular complexity index is 509. The first-order chi connectivity index (χ1) is 10.3. The van der Waals surface area contributed by atoms with Gasteiger partial charge in [-0.2, -0.15) is 13.2 Å². The summed E-state index contributed by atoms with van der Waals surface area (Å²) in [6.07, 6.45) is -1.08. The first kappa shape index (κ1) is 16.6. The van der Waals surface area contributed by atoms with Crippen LogP contribution in [0.1, 0.15) is 31.2 Å². The zero-order valence-electron chi connectivity index (χ0n) is 12.1. The van der Waals surface area contributed by atoms with E-state index in [-0.39, 0.29) is 18.2 Å². The number of alkyl halides is 3. The van der Waals surface area contributed by atoms with Crippen molar-refractivity contribution < 1.29 is 22.7 Å². The number of nitrogens with two attached hydrogens (primary N) is 1. The van der Waals surface area contributed by atoms with Gasteiger partial charge in [0, 0.05) is 6.54 Å². The first-order valence-corrected chi connectivity index (χ1v) is 7.14. The van der Waals surface area contributed by atoms with E-state index in [1.165, 1.54) is 12.1 Å². The van der Waals surface area contributed by atoms with Crippen LogP contribution in [0.15, 0.2) is 24.3 Å². The summed E-state index contributed by atoms with van der Waals surface area (Å²) in [6, 6.07) is 6.12. The van der Waals surface area contributed by atoms with E-state index in [1.54, 1.807) is 12.1 Å². The van der Waals surface area contributed by atoms with Gasteiger partial charge in [-0.25, -0.2) is 0 Å². The quantitative estimate of drug-likeness (QED) is 0.877. The summed E-state index contributed by atoms with van der Waals surface area (Å²) in [5, 5.41) is 2.77. The molecule has 1 aromatic carbocycles. The maximum absolute atomic E-state index is 12.0. The van der Waals surface area contributed by atoms with Crippen LogP contribution < -0.4 is 15.8 Å². The van der Waals surface area contributed by atoms with Crippen molar-refractivity contribution in [3.05, 3.63) is 29.8 Å². The van der Waals surface area contributed by atoms with Crippen LogP contribution in [-0.2, 0) is 11.3 Å². The van der Waals surface area contributed by atoms with E-state index >= 15 is 0 Å². The lowest BCUT2D eigenvalue weighted by atomic mass is 9.98. The number of hydrogen-bond acceptors (Lipinski definition) is 3. The van der Waals surface area contributed by atoms with Crippen LogP contribution in [-0.4, -0.2) is 24.2 Å². The number of halogens is 3. The summed E-state index contributed by atoms with van der Waals surface area (Å²) in [4.78, 5) is 12.0. The summed E-state index contributed by atoms with van der Waals surface area (Å²) < 4.78 is 40.7. The third-order valence-corrected chi connectivity index (χ3v) is 3.73. The lowest BCUT2D eigenvalue weighted by Gasteiger charge is -2.22. The first-order valence-electron chi connectivity index (χ1n) is 7.14. The summed E-state index contributed by atoms with van der Waals surface area (Å²) in [6.45, 7) is -1.03. The van der Waals surface area contributed by atoms with Crippen LogP contribution in [0.3, 0.4) is 0 Å². The molecule has 1 fully saturated rings. The van der Waals surface area contributed by atoms with Crippen LogP contribution in [0, 0.1) is 0 Å². The number of carbonyl (C=O) groups excluding carboxylic acids is 1. The highest BCUT2D eigenvalue weighted by Crippen LogP contribution is 2.27. The van der Waals surface area contributed by atoms with Crippen LogP contribution in [0.25, 0.3) is 0 Å². The van der Waals surface area contributed by atoms with Gasteiger partial charge >= 0.3 is 6.18 Å². The van der Waals surface area contributed by atoms with Gasteiger partial charge in [0.15, 0.2) is 6.61 Å². The Morgan fingerprint density at radius 1 is 1.23 bits per heavy atom. The molecular weight excluding hydrogens is 297 g/mol. The monoisotopic (exact) mass is 316 g/mol. The minimum absolute atomic E-state index is 0.137. The summed E-state index contributed by atoms with van der Waals surface area (Å²) >= 11 is 0. The number of benzene rings is 1. The minimum atomic E-state index is -4.36. The zero-order valence-corrected chi connectivity index (χ0v) is 12.1. The van der Waals surface area contributed by atoms with Crippen molar-refractivity contribution in [3.63, 3.8) is 0 Å². The molecule has 0 radical (unpaired) electrons. The maximum Gasteiger partial charge on any atom is 0.422 e. The molecule has 4 nitrogen and oxygen atoms in total. The number of carbonyl (C=O) groups is 1. The lowest BCUT2D eigenvalue weighted by Crippen LogP contribution is -2.51. The molecule has 0 aromatic heterocycles. The largest absolute Gasteiger partial charge is 0.484 e. The molecule has 2 rings (SSSR count). The minimum Gasteiger partial charge on any atom is -0.484 e. The van der Waals surface area contributed by atoms with Crippen molar-refractivity contribution in [2.45, 2.75) is 43.9 Å². The molecule has 0 spiro atoms. The van der Waals surface area contributed by atoms with Gasteiger partial charge < -0.3 is 15.8 Å². The molecule has 0 saturated heterocycles. The van der Waals surface area contributed by atoms with Crippen molar-refractivity contribution in [2.75, 3.05) is 6.61 Å². The fraction of sp³-hybridized carbons (Fsp3) is 0.533. The Kier molecular flexibility index (Phi) is 4.95. The average Bonchev–Trinajstić information content (AvgIpc) is 2.91. The fourth-order valence-electron chi connectivity index (χ4n) is 2.46. The van der Waals surface area contributed by atoms with E-state index in [0.717, 1.165) is 18.4 Å². The molecule has 1 aromatic rings. The SMILES string of the molecule is NC1(C(=O)NCc2ccc(OCC(F)(F)F)cc2)CCCC1. The normalized spacial score (nSPS) is 17.3. The summed E-state index contributed by atoms with van der Waals surface area (Å²) in [7, 11) is 0. The standard InChI is InChI=1S/C15H19F3N2O2/c16-15(17,18)10-22-12-5-3-11(4-6-12)9-20-13(21)14(19)7-1-2-8-14/h3-6H,1-2,7-10,19H2,(H,20,21). The molecule has 1 saturated carbocycles. The van der Waals surface area contributed by atoms with E-state index in [4.69, 9.17) is 5.73 Å². The Morgan fingerprint density at radius 3 is 2.36 bits per heavy atom. The predicted octanol–water partition coefficient (Wildman–Crippen LogP) is 2.52. The Balaban J connectivity index is 1.82. The van der Waals surface area contributed by atoms with Gasteiger partial charge in [-0.1, -0.05) is 25.0 Å². The Morgan fingerprint density at radius 2 is 1.82 bits per heavy atom. The lowest BCUT2D eigenvalue weighted by molar-refractivity contribution is -0.153. The van der Waals surface area contributed by atoms with Gasteiger partial charge in [0.2, 0.25) is 5.91 Å². The molecule has 0 aliphatic heterocycles. The predicted molar refractivity (Wildman–Crippen MR) is 75.2 cm³/mol. The van der Waals surface area contributed by atoms with Gasteiger partial charge in [-0.05, 0) is 30.5 Å². The smallest absolute Gasteiger partial charge is 0.422 e. The van der Waals surface area contributed by atoms with Crippen molar-refractivity contribution in [1.82, 2.24) is 5.32 Å². The molecule has 1 aliphatic carbocycles. The van der Waals surface area contributed by atoms with E-state index in [0.29, 0.717) is 12.8 Å². The number of rotatable bonds is 5. The average molecular weight is 316 g/mol. The summed E-state index contributed by atoms with van der Waals surface area (Å²) in [5.41, 5.74) is 6.02. The highest BCUT2D eigenvalue weighted by molar-refractivity contribution is 5.86. The third-order valence-electron chi connectivity index (χ3n) is 3.73. The van der Waals surface area contributed by atoms with Crippen LogP contribution in [0.4, 0.5) is 13.2 Å². The molecule has 7 heteroatoms. The van der Waals surface area contributed by atoms with Crippen molar-refractivity contribution in [2.24, 2.45) is 5.73 Å². The highest BCUT2D eigenvalue weighted by Gasteiger charge is 2.36. The van der Waals surface area contributed by atoms with Crippen molar-refractivity contribution in [3.8, 4) is 5.75 Å². The second kappa shape index (κ2) is 6.56. The maximum atomic E-state index is 12.0. The van der Waals surface area contributed by atoms with Gasteiger partial charge in [0.1, 0.15) is 5.75 Å². The molecular formula is C15H19F3N2O2. The van der Waals surface area contributed by atoms with Crippen molar-refractivity contribution >= 4 is 5.91 Å². The van der Waals surface area contributed by atoms with E-state index < -0.39 is 18.3 Å². The van der Waals surface area contributed by atoms with Gasteiger partial charge in [0.25, 0.3) is 0 Å². The van der Waals surface area contributed by atoms with Gasteiger partial charge in [-0.3, -0.25) is 4.79 Å². The van der Waals surface area contributed by atoms with Crippen LogP contribution in [0.5, 0.6) is 5.75 Å².